The summed E-state index contributed by atoms with van der Waals surface area (Å²) in [6, 6.07) is 11.8. The van der Waals surface area contributed by atoms with Crippen molar-refractivity contribution in [3.05, 3.63) is 36.4 Å². The maximum absolute atomic E-state index is 5.90. The Hall–Kier alpha value is -2.14. The number of benzene rings is 1. The first kappa shape index (κ1) is 15.3. The molecular formula is C16H22N4O. The summed E-state index contributed by atoms with van der Waals surface area (Å²) in [5.41, 5.74) is 6.85. The van der Waals surface area contributed by atoms with E-state index < -0.39 is 0 Å². The Morgan fingerprint density at radius 1 is 1.24 bits per heavy atom. The normalized spacial score (nSPS) is 12.1. The van der Waals surface area contributed by atoms with Gasteiger partial charge in [-0.2, -0.15) is 0 Å². The lowest BCUT2D eigenvalue weighted by Gasteiger charge is -2.18. The van der Waals surface area contributed by atoms with Crippen LogP contribution in [0.3, 0.4) is 0 Å². The van der Waals surface area contributed by atoms with Gasteiger partial charge in [0.15, 0.2) is 5.82 Å². The minimum absolute atomic E-state index is 0.220. The third kappa shape index (κ3) is 4.43. The number of nitrogens with two attached hydrogens (primary N) is 1. The number of rotatable bonds is 7. The molecule has 0 saturated carbocycles. The fourth-order valence-corrected chi connectivity index (χ4v) is 2.21. The molecular weight excluding hydrogens is 264 g/mol. The SMILES string of the molecule is CCCC(COC)Nc1cc(N)nc(-c2ccccc2)n1. The van der Waals surface area contributed by atoms with Crippen molar-refractivity contribution in [2.24, 2.45) is 0 Å². The zero-order valence-electron chi connectivity index (χ0n) is 12.5. The van der Waals surface area contributed by atoms with E-state index in [0.717, 1.165) is 24.2 Å². The molecule has 1 atom stereocenters. The molecule has 0 bridgehead atoms. The van der Waals surface area contributed by atoms with Gasteiger partial charge in [-0.25, -0.2) is 9.97 Å². The van der Waals surface area contributed by atoms with Crippen LogP contribution in [0.15, 0.2) is 36.4 Å². The highest BCUT2D eigenvalue weighted by Crippen LogP contribution is 2.19. The van der Waals surface area contributed by atoms with E-state index in [0.29, 0.717) is 18.2 Å². The monoisotopic (exact) mass is 286 g/mol. The molecule has 0 aliphatic heterocycles. The predicted molar refractivity (Wildman–Crippen MR) is 86.1 cm³/mol. The van der Waals surface area contributed by atoms with E-state index in [-0.39, 0.29) is 6.04 Å². The highest BCUT2D eigenvalue weighted by Gasteiger charge is 2.10. The van der Waals surface area contributed by atoms with Gasteiger partial charge in [0.2, 0.25) is 0 Å². The van der Waals surface area contributed by atoms with Crippen molar-refractivity contribution < 1.29 is 4.74 Å². The lowest BCUT2D eigenvalue weighted by atomic mass is 10.2. The molecule has 0 saturated heterocycles. The van der Waals surface area contributed by atoms with Gasteiger partial charge in [-0.3, -0.25) is 0 Å². The summed E-state index contributed by atoms with van der Waals surface area (Å²) in [6.45, 7) is 2.78. The summed E-state index contributed by atoms with van der Waals surface area (Å²) < 4.78 is 5.24. The highest BCUT2D eigenvalue weighted by atomic mass is 16.5. The number of methoxy groups -OCH3 is 1. The van der Waals surface area contributed by atoms with Crippen LogP contribution in [0.4, 0.5) is 11.6 Å². The first-order valence-corrected chi connectivity index (χ1v) is 7.18. The summed E-state index contributed by atoms with van der Waals surface area (Å²) >= 11 is 0. The van der Waals surface area contributed by atoms with E-state index in [2.05, 4.69) is 22.2 Å². The molecule has 0 aliphatic rings. The van der Waals surface area contributed by atoms with Gasteiger partial charge in [0, 0.05) is 18.7 Å². The van der Waals surface area contributed by atoms with Gasteiger partial charge >= 0.3 is 0 Å². The summed E-state index contributed by atoms with van der Waals surface area (Å²) in [5.74, 6) is 1.82. The van der Waals surface area contributed by atoms with Gasteiger partial charge in [-0.1, -0.05) is 43.7 Å². The van der Waals surface area contributed by atoms with Crippen LogP contribution in [0.1, 0.15) is 19.8 Å². The number of nitrogen functional groups attached to an aromatic ring is 1. The standard InChI is InChI=1S/C16H22N4O/c1-3-7-13(11-21-2)18-15-10-14(17)19-16(20-15)12-8-5-4-6-9-12/h4-6,8-10,13H,3,7,11H2,1-2H3,(H3,17,18,19,20). The van der Waals surface area contributed by atoms with Crippen LogP contribution in [-0.4, -0.2) is 29.7 Å². The molecule has 0 spiro atoms. The summed E-state index contributed by atoms with van der Waals surface area (Å²) in [7, 11) is 1.70. The second-order valence-electron chi connectivity index (χ2n) is 4.95. The van der Waals surface area contributed by atoms with Crippen LogP contribution in [0.5, 0.6) is 0 Å². The minimum atomic E-state index is 0.220. The Morgan fingerprint density at radius 2 is 2.00 bits per heavy atom. The van der Waals surface area contributed by atoms with Gasteiger partial charge in [-0.05, 0) is 6.42 Å². The Bertz CT molecular complexity index is 553. The molecule has 5 heteroatoms. The maximum Gasteiger partial charge on any atom is 0.163 e. The summed E-state index contributed by atoms with van der Waals surface area (Å²) in [6.07, 6.45) is 2.09. The number of nitrogens with one attached hydrogen (secondary N) is 1. The summed E-state index contributed by atoms with van der Waals surface area (Å²) in [4.78, 5) is 8.85. The van der Waals surface area contributed by atoms with Crippen LogP contribution < -0.4 is 11.1 Å². The second-order valence-corrected chi connectivity index (χ2v) is 4.95. The lowest BCUT2D eigenvalue weighted by Crippen LogP contribution is -2.25. The third-order valence-corrected chi connectivity index (χ3v) is 3.13. The topological polar surface area (TPSA) is 73.1 Å². The molecule has 5 nitrogen and oxygen atoms in total. The zero-order chi connectivity index (χ0) is 15.1. The first-order valence-electron chi connectivity index (χ1n) is 7.18. The molecule has 1 aromatic heterocycles. The number of nitrogens with zero attached hydrogens (tertiary/aromatic N) is 2. The number of aromatic nitrogens is 2. The number of ether oxygens (including phenoxy) is 1. The minimum Gasteiger partial charge on any atom is -0.384 e. The average molecular weight is 286 g/mol. The smallest absolute Gasteiger partial charge is 0.163 e. The predicted octanol–water partition coefficient (Wildman–Crippen LogP) is 2.95. The Kier molecular flexibility index (Phi) is 5.51. The zero-order valence-corrected chi connectivity index (χ0v) is 12.5. The number of hydrogen-bond donors (Lipinski definition) is 2. The fourth-order valence-electron chi connectivity index (χ4n) is 2.21. The molecule has 2 rings (SSSR count). The Morgan fingerprint density at radius 3 is 2.67 bits per heavy atom. The lowest BCUT2D eigenvalue weighted by molar-refractivity contribution is 0.182. The van der Waals surface area contributed by atoms with E-state index >= 15 is 0 Å². The van der Waals surface area contributed by atoms with Gasteiger partial charge in [0.25, 0.3) is 0 Å². The molecule has 0 amide bonds. The molecule has 21 heavy (non-hydrogen) atoms. The van der Waals surface area contributed by atoms with Gasteiger partial charge in [-0.15, -0.1) is 0 Å². The van der Waals surface area contributed by atoms with Crippen molar-refractivity contribution >= 4 is 11.6 Å². The first-order chi connectivity index (χ1) is 10.2. The molecule has 2 aromatic rings. The second kappa shape index (κ2) is 7.59. The van der Waals surface area contributed by atoms with Crippen molar-refractivity contribution in [2.45, 2.75) is 25.8 Å². The molecule has 0 radical (unpaired) electrons. The van der Waals surface area contributed by atoms with Crippen LogP contribution in [-0.2, 0) is 4.74 Å². The molecule has 112 valence electrons. The fraction of sp³-hybridized carbons (Fsp3) is 0.375. The van der Waals surface area contributed by atoms with E-state index in [4.69, 9.17) is 10.5 Å². The van der Waals surface area contributed by atoms with Crippen LogP contribution >= 0.6 is 0 Å². The van der Waals surface area contributed by atoms with Crippen molar-refractivity contribution in [1.82, 2.24) is 9.97 Å². The summed E-state index contributed by atoms with van der Waals surface area (Å²) in [5, 5.41) is 3.38. The molecule has 0 aliphatic carbocycles. The number of hydrogen-bond acceptors (Lipinski definition) is 5. The van der Waals surface area contributed by atoms with Gasteiger partial charge in [0.05, 0.1) is 12.6 Å². The Labute approximate surface area is 125 Å². The van der Waals surface area contributed by atoms with Crippen LogP contribution in [0, 0.1) is 0 Å². The molecule has 1 unspecified atom stereocenters. The van der Waals surface area contributed by atoms with E-state index in [1.807, 2.05) is 30.3 Å². The van der Waals surface area contributed by atoms with Gasteiger partial charge < -0.3 is 15.8 Å². The molecule has 3 N–H and O–H groups in total. The van der Waals surface area contributed by atoms with Crippen molar-refractivity contribution in [1.29, 1.82) is 0 Å². The largest absolute Gasteiger partial charge is 0.384 e. The van der Waals surface area contributed by atoms with Crippen molar-refractivity contribution in [3.63, 3.8) is 0 Å². The number of anilines is 2. The average Bonchev–Trinajstić information content (AvgIpc) is 2.48. The molecule has 1 heterocycles. The van der Waals surface area contributed by atoms with Crippen molar-refractivity contribution in [3.8, 4) is 11.4 Å². The van der Waals surface area contributed by atoms with Crippen molar-refractivity contribution in [2.75, 3.05) is 24.8 Å². The molecule has 1 aromatic carbocycles. The highest BCUT2D eigenvalue weighted by molar-refractivity contribution is 5.60. The van der Waals surface area contributed by atoms with Gasteiger partial charge in [0.1, 0.15) is 11.6 Å². The Balaban J connectivity index is 2.22. The maximum atomic E-state index is 5.90. The van der Waals surface area contributed by atoms with Crippen LogP contribution in [0.25, 0.3) is 11.4 Å². The van der Waals surface area contributed by atoms with E-state index in [9.17, 15) is 0 Å². The van der Waals surface area contributed by atoms with E-state index in [1.165, 1.54) is 0 Å². The molecule has 0 fully saturated rings. The van der Waals surface area contributed by atoms with Crippen LogP contribution in [0.2, 0.25) is 0 Å². The quantitative estimate of drug-likeness (QED) is 0.818. The van der Waals surface area contributed by atoms with E-state index in [1.54, 1.807) is 13.2 Å². The third-order valence-electron chi connectivity index (χ3n) is 3.13.